The summed E-state index contributed by atoms with van der Waals surface area (Å²) >= 11 is 0. The monoisotopic (exact) mass is 391 g/mol. The zero-order valence-electron chi connectivity index (χ0n) is 16.0. The molecule has 0 N–H and O–H groups in total. The van der Waals surface area contributed by atoms with Crippen LogP contribution in [-0.4, -0.2) is 58.8 Å². The molecule has 29 heavy (non-hydrogen) atoms. The average molecular weight is 391 g/mol. The van der Waals surface area contributed by atoms with E-state index in [1.165, 1.54) is 24.3 Å². The van der Waals surface area contributed by atoms with Crippen molar-refractivity contribution in [2.75, 3.05) is 32.7 Å². The second-order valence-corrected chi connectivity index (χ2v) is 7.14. The molecular weight excluding hydrogens is 369 g/mol. The molecule has 1 aromatic heterocycles. The number of ketones is 1. The Morgan fingerprint density at radius 2 is 1.52 bits per heavy atom. The predicted molar refractivity (Wildman–Crippen MR) is 109 cm³/mol. The molecule has 1 aliphatic heterocycles. The molecule has 1 saturated heterocycles. The van der Waals surface area contributed by atoms with Gasteiger partial charge < -0.3 is 9.47 Å². The van der Waals surface area contributed by atoms with Gasteiger partial charge in [0, 0.05) is 55.4 Å². The number of Topliss-reactive ketones (excluding diaryl/α,β-unsaturated/α-hetero) is 1. The van der Waals surface area contributed by atoms with Gasteiger partial charge in [-0.25, -0.2) is 4.39 Å². The van der Waals surface area contributed by atoms with Gasteiger partial charge in [-0.2, -0.15) is 0 Å². The minimum absolute atomic E-state index is 0.00326. The van der Waals surface area contributed by atoms with Crippen molar-refractivity contribution >= 4 is 11.7 Å². The van der Waals surface area contributed by atoms with Gasteiger partial charge in [0.2, 0.25) is 0 Å². The fraction of sp³-hybridized carbons (Fsp3) is 0.217. The molecule has 1 amide bonds. The van der Waals surface area contributed by atoms with E-state index in [4.69, 9.17) is 0 Å². The fourth-order valence-electron chi connectivity index (χ4n) is 3.53. The van der Waals surface area contributed by atoms with Crippen molar-refractivity contribution < 1.29 is 14.0 Å². The lowest BCUT2D eigenvalue weighted by molar-refractivity contribution is 0.0624. The van der Waals surface area contributed by atoms with E-state index in [1.807, 2.05) is 63.2 Å². The average Bonchev–Trinajstić information content (AvgIpc) is 3.29. The minimum atomic E-state index is -0.352. The minimum Gasteiger partial charge on any atom is -0.336 e. The molecule has 2 aromatic carbocycles. The number of aromatic nitrogens is 1. The number of amides is 1. The Labute approximate surface area is 169 Å². The third kappa shape index (κ3) is 4.43. The fourth-order valence-corrected chi connectivity index (χ4v) is 3.53. The van der Waals surface area contributed by atoms with E-state index in [0.29, 0.717) is 37.3 Å². The molecule has 4 rings (SSSR count). The second kappa shape index (κ2) is 8.41. The van der Waals surface area contributed by atoms with Crippen LogP contribution in [0.2, 0.25) is 0 Å². The van der Waals surface area contributed by atoms with Gasteiger partial charge in [0.05, 0.1) is 6.54 Å². The summed E-state index contributed by atoms with van der Waals surface area (Å²) in [6.07, 6.45) is 3.89. The van der Waals surface area contributed by atoms with Crippen molar-refractivity contribution in [2.45, 2.75) is 0 Å². The predicted octanol–water partition coefficient (Wildman–Crippen LogP) is 3.26. The third-order valence-corrected chi connectivity index (χ3v) is 5.19. The van der Waals surface area contributed by atoms with Crippen molar-refractivity contribution in [3.63, 3.8) is 0 Å². The lowest BCUT2D eigenvalue weighted by atomic mass is 10.1. The number of carbonyl (C=O) groups excluding carboxylic acids is 2. The molecule has 2 heterocycles. The highest BCUT2D eigenvalue weighted by molar-refractivity contribution is 5.97. The Morgan fingerprint density at radius 3 is 2.21 bits per heavy atom. The van der Waals surface area contributed by atoms with Gasteiger partial charge in [-0.3, -0.25) is 14.5 Å². The van der Waals surface area contributed by atoms with Crippen molar-refractivity contribution in [2.24, 2.45) is 0 Å². The molecular formula is C23H22FN3O2. The third-order valence-electron chi connectivity index (χ3n) is 5.19. The van der Waals surface area contributed by atoms with Crippen LogP contribution >= 0.6 is 0 Å². The van der Waals surface area contributed by atoms with E-state index >= 15 is 0 Å². The van der Waals surface area contributed by atoms with Crippen LogP contribution in [-0.2, 0) is 0 Å². The van der Waals surface area contributed by atoms with Gasteiger partial charge >= 0.3 is 0 Å². The maximum absolute atomic E-state index is 13.0. The zero-order valence-corrected chi connectivity index (χ0v) is 16.0. The van der Waals surface area contributed by atoms with E-state index in [-0.39, 0.29) is 24.1 Å². The quantitative estimate of drug-likeness (QED) is 0.627. The molecule has 1 aliphatic rings. The van der Waals surface area contributed by atoms with Gasteiger partial charge in [0.25, 0.3) is 5.91 Å². The number of nitrogens with zero attached hydrogens (tertiary/aromatic N) is 3. The molecule has 0 spiro atoms. The van der Waals surface area contributed by atoms with Gasteiger partial charge in [0.1, 0.15) is 5.82 Å². The Hall–Kier alpha value is -3.25. The number of hydrogen-bond donors (Lipinski definition) is 0. The first kappa shape index (κ1) is 19.1. The van der Waals surface area contributed by atoms with Crippen LogP contribution in [0.4, 0.5) is 4.39 Å². The molecule has 0 aliphatic carbocycles. The van der Waals surface area contributed by atoms with Crippen molar-refractivity contribution in [1.82, 2.24) is 14.4 Å². The molecule has 0 saturated carbocycles. The standard InChI is InChI=1S/C23H22FN3O2/c24-20-8-6-18(7-9-20)22(28)17-25-12-14-27(15-13-25)23(29)19-4-3-5-21(16-19)26-10-1-2-11-26/h1-11,16H,12-15,17H2. The summed E-state index contributed by atoms with van der Waals surface area (Å²) in [4.78, 5) is 29.1. The first-order chi connectivity index (χ1) is 14.1. The number of piperazine rings is 1. The molecule has 0 bridgehead atoms. The van der Waals surface area contributed by atoms with Gasteiger partial charge in [-0.15, -0.1) is 0 Å². The number of carbonyl (C=O) groups is 2. The lowest BCUT2D eigenvalue weighted by Crippen LogP contribution is -2.49. The molecule has 3 aromatic rings. The molecule has 1 fully saturated rings. The first-order valence-electron chi connectivity index (χ1n) is 9.64. The summed E-state index contributed by atoms with van der Waals surface area (Å²) in [6, 6.07) is 17.1. The van der Waals surface area contributed by atoms with Crippen LogP contribution in [0.3, 0.4) is 0 Å². The molecule has 0 atom stereocenters. The highest BCUT2D eigenvalue weighted by atomic mass is 19.1. The Bertz CT molecular complexity index is 991. The van der Waals surface area contributed by atoms with Crippen LogP contribution in [0.5, 0.6) is 0 Å². The van der Waals surface area contributed by atoms with Crippen molar-refractivity contribution in [3.8, 4) is 5.69 Å². The van der Waals surface area contributed by atoms with Crippen LogP contribution in [0, 0.1) is 5.82 Å². The highest BCUT2D eigenvalue weighted by Gasteiger charge is 2.23. The normalized spacial score (nSPS) is 14.7. The topological polar surface area (TPSA) is 45.6 Å². The Balaban J connectivity index is 1.35. The SMILES string of the molecule is O=C(CN1CCN(C(=O)c2cccc(-n3cccc3)c2)CC1)c1ccc(F)cc1. The molecule has 148 valence electrons. The van der Waals surface area contributed by atoms with Crippen LogP contribution in [0.1, 0.15) is 20.7 Å². The summed E-state index contributed by atoms with van der Waals surface area (Å²) in [5, 5.41) is 0. The van der Waals surface area contributed by atoms with Crippen LogP contribution in [0.25, 0.3) is 5.69 Å². The molecule has 6 heteroatoms. The highest BCUT2D eigenvalue weighted by Crippen LogP contribution is 2.15. The molecule has 5 nitrogen and oxygen atoms in total. The van der Waals surface area contributed by atoms with E-state index in [1.54, 1.807) is 0 Å². The summed E-state index contributed by atoms with van der Waals surface area (Å²) in [5.74, 6) is -0.387. The molecule has 0 unspecified atom stereocenters. The maximum atomic E-state index is 13.0. The van der Waals surface area contributed by atoms with Crippen LogP contribution < -0.4 is 0 Å². The van der Waals surface area contributed by atoms with E-state index in [2.05, 4.69) is 0 Å². The smallest absolute Gasteiger partial charge is 0.254 e. The Kier molecular flexibility index (Phi) is 5.53. The summed E-state index contributed by atoms with van der Waals surface area (Å²) < 4.78 is 15.0. The molecule has 0 radical (unpaired) electrons. The van der Waals surface area contributed by atoms with E-state index in [9.17, 15) is 14.0 Å². The number of rotatable bonds is 5. The zero-order chi connectivity index (χ0) is 20.2. The van der Waals surface area contributed by atoms with Gasteiger partial charge in [-0.05, 0) is 54.6 Å². The second-order valence-electron chi connectivity index (χ2n) is 7.14. The van der Waals surface area contributed by atoms with E-state index < -0.39 is 0 Å². The van der Waals surface area contributed by atoms with E-state index in [0.717, 1.165) is 5.69 Å². The summed E-state index contributed by atoms with van der Waals surface area (Å²) in [7, 11) is 0. The largest absolute Gasteiger partial charge is 0.336 e. The van der Waals surface area contributed by atoms with Crippen molar-refractivity contribution in [3.05, 3.63) is 90.0 Å². The summed E-state index contributed by atoms with van der Waals surface area (Å²) in [6.45, 7) is 2.69. The van der Waals surface area contributed by atoms with Gasteiger partial charge in [0.15, 0.2) is 5.78 Å². The van der Waals surface area contributed by atoms with Crippen LogP contribution in [0.15, 0.2) is 73.1 Å². The van der Waals surface area contributed by atoms with Crippen molar-refractivity contribution in [1.29, 1.82) is 0 Å². The van der Waals surface area contributed by atoms with Gasteiger partial charge in [-0.1, -0.05) is 6.07 Å². The first-order valence-corrected chi connectivity index (χ1v) is 9.64. The number of benzene rings is 2. The lowest BCUT2D eigenvalue weighted by Gasteiger charge is -2.34. The Morgan fingerprint density at radius 1 is 0.828 bits per heavy atom. The summed E-state index contributed by atoms with van der Waals surface area (Å²) in [5.41, 5.74) is 2.11. The number of hydrogen-bond acceptors (Lipinski definition) is 3. The number of halogens is 1. The maximum Gasteiger partial charge on any atom is 0.254 e.